The Balaban J connectivity index is 2.14. The quantitative estimate of drug-likeness (QED) is 0.782. The van der Waals surface area contributed by atoms with Crippen LogP contribution in [0.25, 0.3) is 0 Å². The van der Waals surface area contributed by atoms with Gasteiger partial charge in [-0.2, -0.15) is 0 Å². The standard InChI is InChI=1S/C14H20O/c1-10-7-8-12(9-10)14(15)13-6-4-3-5-11(13)2/h3-6,10,12,14-15H,7-9H2,1-2H3. The van der Waals surface area contributed by atoms with Crippen molar-refractivity contribution in [1.82, 2.24) is 0 Å². The average Bonchev–Trinajstić information content (AvgIpc) is 2.65. The van der Waals surface area contributed by atoms with Gasteiger partial charge in [-0.15, -0.1) is 0 Å². The third kappa shape index (κ3) is 2.23. The van der Waals surface area contributed by atoms with E-state index in [1.54, 1.807) is 0 Å². The summed E-state index contributed by atoms with van der Waals surface area (Å²) in [5, 5.41) is 10.3. The summed E-state index contributed by atoms with van der Waals surface area (Å²) < 4.78 is 0. The Labute approximate surface area is 92.1 Å². The van der Waals surface area contributed by atoms with Gasteiger partial charge in [-0.1, -0.05) is 37.6 Å². The zero-order valence-electron chi connectivity index (χ0n) is 9.61. The smallest absolute Gasteiger partial charge is 0.0820 e. The number of aliphatic hydroxyl groups excluding tert-OH is 1. The molecule has 1 heteroatoms. The lowest BCUT2D eigenvalue weighted by Crippen LogP contribution is -2.10. The average molecular weight is 204 g/mol. The second-order valence-corrected chi connectivity index (χ2v) is 4.98. The minimum Gasteiger partial charge on any atom is -0.388 e. The Hall–Kier alpha value is -0.820. The van der Waals surface area contributed by atoms with Crippen LogP contribution in [0.15, 0.2) is 24.3 Å². The summed E-state index contributed by atoms with van der Waals surface area (Å²) in [6.07, 6.45) is 3.37. The first kappa shape index (κ1) is 10.7. The Bertz CT molecular complexity index is 332. The van der Waals surface area contributed by atoms with Crippen molar-refractivity contribution < 1.29 is 5.11 Å². The van der Waals surface area contributed by atoms with E-state index in [4.69, 9.17) is 0 Å². The second kappa shape index (κ2) is 4.36. The molecule has 0 radical (unpaired) electrons. The largest absolute Gasteiger partial charge is 0.388 e. The number of aliphatic hydroxyl groups is 1. The van der Waals surface area contributed by atoms with Crippen LogP contribution < -0.4 is 0 Å². The number of benzene rings is 1. The topological polar surface area (TPSA) is 20.2 Å². The molecule has 1 fully saturated rings. The molecule has 1 nitrogen and oxygen atoms in total. The van der Waals surface area contributed by atoms with Crippen molar-refractivity contribution in [3.8, 4) is 0 Å². The van der Waals surface area contributed by atoms with Crippen molar-refractivity contribution in [2.24, 2.45) is 11.8 Å². The fourth-order valence-electron chi connectivity index (χ4n) is 2.71. The molecule has 82 valence electrons. The number of hydrogen-bond acceptors (Lipinski definition) is 1. The molecule has 0 aliphatic heterocycles. The van der Waals surface area contributed by atoms with E-state index in [2.05, 4.69) is 26.0 Å². The molecule has 1 aliphatic rings. The van der Waals surface area contributed by atoms with Crippen LogP contribution in [0.1, 0.15) is 43.4 Å². The molecule has 15 heavy (non-hydrogen) atoms. The molecule has 1 aromatic carbocycles. The van der Waals surface area contributed by atoms with Gasteiger partial charge in [0.15, 0.2) is 0 Å². The maximum absolute atomic E-state index is 10.3. The Morgan fingerprint density at radius 2 is 2.00 bits per heavy atom. The number of rotatable bonds is 2. The van der Waals surface area contributed by atoms with E-state index in [0.29, 0.717) is 5.92 Å². The van der Waals surface area contributed by atoms with Crippen molar-refractivity contribution >= 4 is 0 Å². The lowest BCUT2D eigenvalue weighted by molar-refractivity contribution is 0.109. The maximum Gasteiger partial charge on any atom is 0.0820 e. The molecule has 1 saturated carbocycles. The summed E-state index contributed by atoms with van der Waals surface area (Å²) in [6.45, 7) is 4.36. The first-order valence-electron chi connectivity index (χ1n) is 5.92. The van der Waals surface area contributed by atoms with Crippen molar-refractivity contribution in [1.29, 1.82) is 0 Å². The van der Waals surface area contributed by atoms with Crippen molar-refractivity contribution in [2.45, 2.75) is 39.2 Å². The highest BCUT2D eigenvalue weighted by Gasteiger charge is 2.28. The van der Waals surface area contributed by atoms with Gasteiger partial charge in [0.05, 0.1) is 6.10 Å². The molecule has 0 saturated heterocycles. The van der Waals surface area contributed by atoms with E-state index in [-0.39, 0.29) is 6.10 Å². The molecule has 1 aromatic rings. The monoisotopic (exact) mass is 204 g/mol. The highest BCUT2D eigenvalue weighted by Crippen LogP contribution is 2.39. The van der Waals surface area contributed by atoms with Crippen LogP contribution in [-0.4, -0.2) is 5.11 Å². The highest BCUT2D eigenvalue weighted by molar-refractivity contribution is 5.28. The van der Waals surface area contributed by atoms with Crippen LogP contribution in [0.5, 0.6) is 0 Å². The van der Waals surface area contributed by atoms with Gasteiger partial charge < -0.3 is 5.11 Å². The van der Waals surface area contributed by atoms with Gasteiger partial charge in [0, 0.05) is 0 Å². The minimum absolute atomic E-state index is 0.254. The summed E-state index contributed by atoms with van der Waals surface area (Å²) >= 11 is 0. The summed E-state index contributed by atoms with van der Waals surface area (Å²) in [7, 11) is 0. The molecule has 1 aliphatic carbocycles. The fourth-order valence-corrected chi connectivity index (χ4v) is 2.71. The summed E-state index contributed by atoms with van der Waals surface area (Å²) in [6, 6.07) is 8.19. The highest BCUT2D eigenvalue weighted by atomic mass is 16.3. The normalized spacial score (nSPS) is 27.9. The SMILES string of the molecule is Cc1ccccc1C(O)C1CCC(C)C1. The summed E-state index contributed by atoms with van der Waals surface area (Å²) in [5.41, 5.74) is 2.33. The lowest BCUT2D eigenvalue weighted by atomic mass is 9.91. The van der Waals surface area contributed by atoms with Crippen molar-refractivity contribution in [3.05, 3.63) is 35.4 Å². The van der Waals surface area contributed by atoms with Crippen LogP contribution in [0.3, 0.4) is 0 Å². The van der Waals surface area contributed by atoms with Gasteiger partial charge in [-0.25, -0.2) is 0 Å². The van der Waals surface area contributed by atoms with E-state index in [1.165, 1.54) is 24.8 Å². The third-order valence-electron chi connectivity index (χ3n) is 3.69. The number of hydrogen-bond donors (Lipinski definition) is 1. The van der Waals surface area contributed by atoms with E-state index >= 15 is 0 Å². The van der Waals surface area contributed by atoms with Crippen molar-refractivity contribution in [2.75, 3.05) is 0 Å². The second-order valence-electron chi connectivity index (χ2n) is 4.98. The molecule has 0 bridgehead atoms. The van der Waals surface area contributed by atoms with Gasteiger partial charge >= 0.3 is 0 Å². The van der Waals surface area contributed by atoms with Gasteiger partial charge in [0.1, 0.15) is 0 Å². The minimum atomic E-state index is -0.254. The van der Waals surface area contributed by atoms with E-state index in [1.807, 2.05) is 12.1 Å². The molecule has 0 spiro atoms. The first-order valence-corrected chi connectivity index (χ1v) is 5.92. The Morgan fingerprint density at radius 3 is 2.60 bits per heavy atom. The lowest BCUT2D eigenvalue weighted by Gasteiger charge is -2.20. The molecule has 0 heterocycles. The maximum atomic E-state index is 10.3. The zero-order valence-corrected chi connectivity index (χ0v) is 9.61. The van der Waals surface area contributed by atoms with Crippen LogP contribution >= 0.6 is 0 Å². The van der Waals surface area contributed by atoms with E-state index in [0.717, 1.165) is 11.5 Å². The van der Waals surface area contributed by atoms with E-state index in [9.17, 15) is 5.11 Å². The third-order valence-corrected chi connectivity index (χ3v) is 3.69. The number of aryl methyl sites for hydroxylation is 1. The van der Waals surface area contributed by atoms with Crippen LogP contribution in [-0.2, 0) is 0 Å². The van der Waals surface area contributed by atoms with Crippen LogP contribution in [0.4, 0.5) is 0 Å². The van der Waals surface area contributed by atoms with E-state index < -0.39 is 0 Å². The van der Waals surface area contributed by atoms with Gasteiger partial charge in [0.25, 0.3) is 0 Å². The molecule has 0 aromatic heterocycles. The molecule has 3 unspecified atom stereocenters. The zero-order chi connectivity index (χ0) is 10.8. The van der Waals surface area contributed by atoms with Gasteiger partial charge in [0.2, 0.25) is 0 Å². The molecular weight excluding hydrogens is 184 g/mol. The van der Waals surface area contributed by atoms with Crippen molar-refractivity contribution in [3.63, 3.8) is 0 Å². The molecule has 3 atom stereocenters. The van der Waals surface area contributed by atoms with Crippen LogP contribution in [0.2, 0.25) is 0 Å². The van der Waals surface area contributed by atoms with Gasteiger partial charge in [-0.05, 0) is 42.7 Å². The van der Waals surface area contributed by atoms with Gasteiger partial charge in [-0.3, -0.25) is 0 Å². The molecular formula is C14H20O. The molecule has 0 amide bonds. The predicted molar refractivity (Wildman–Crippen MR) is 62.6 cm³/mol. The first-order chi connectivity index (χ1) is 7.18. The summed E-state index contributed by atoms with van der Waals surface area (Å²) in [5.74, 6) is 1.26. The predicted octanol–water partition coefficient (Wildman–Crippen LogP) is 3.46. The summed E-state index contributed by atoms with van der Waals surface area (Å²) in [4.78, 5) is 0. The van der Waals surface area contributed by atoms with Crippen LogP contribution in [0, 0.1) is 18.8 Å². The fraction of sp³-hybridized carbons (Fsp3) is 0.571. The molecule has 1 N–H and O–H groups in total. The molecule has 2 rings (SSSR count). The Kier molecular flexibility index (Phi) is 3.11. The Morgan fingerprint density at radius 1 is 1.27 bits per heavy atom.